The van der Waals surface area contributed by atoms with E-state index < -0.39 is 18.3 Å². The monoisotopic (exact) mass is 514 g/mol. The number of hydrogen-bond donors (Lipinski definition) is 4. The molecule has 1 atom stereocenters. The molecule has 0 aliphatic heterocycles. The zero-order valence-corrected chi connectivity index (χ0v) is 21.1. The quantitative estimate of drug-likeness (QED) is 0.252. The zero-order valence-electron chi connectivity index (χ0n) is 21.1. The van der Waals surface area contributed by atoms with Crippen molar-refractivity contribution in [3.8, 4) is 0 Å². The average Bonchev–Trinajstić information content (AvgIpc) is 2.92. The molecule has 2 rings (SSSR count). The summed E-state index contributed by atoms with van der Waals surface area (Å²) in [7, 11) is 0. The van der Waals surface area contributed by atoms with Crippen LogP contribution in [0.2, 0.25) is 0 Å². The number of alkyl carbamates (subject to hydrolysis) is 1. The third-order valence-electron chi connectivity index (χ3n) is 5.42. The van der Waals surface area contributed by atoms with Gasteiger partial charge in [-0.25, -0.2) is 9.59 Å². The molecule has 37 heavy (non-hydrogen) atoms. The molecule has 0 bridgehead atoms. The molecule has 2 aromatic rings. The SMILES string of the molecule is NCC(O)CC(=O)NCCCCN(CCCNC(=O)OCc1ccccc1)C(=O)OCc1ccccc1. The van der Waals surface area contributed by atoms with Crippen LogP contribution in [0.15, 0.2) is 60.7 Å². The van der Waals surface area contributed by atoms with E-state index in [-0.39, 0.29) is 32.1 Å². The molecule has 0 saturated heterocycles. The molecule has 5 N–H and O–H groups in total. The summed E-state index contributed by atoms with van der Waals surface area (Å²) in [6.45, 7) is 1.99. The summed E-state index contributed by atoms with van der Waals surface area (Å²) >= 11 is 0. The van der Waals surface area contributed by atoms with E-state index in [0.717, 1.165) is 11.1 Å². The van der Waals surface area contributed by atoms with E-state index in [9.17, 15) is 19.5 Å². The second kappa shape index (κ2) is 17.7. The fourth-order valence-corrected chi connectivity index (χ4v) is 3.36. The number of amides is 3. The number of nitrogens with two attached hydrogens (primary N) is 1. The molecule has 10 heteroatoms. The van der Waals surface area contributed by atoms with Gasteiger partial charge in [-0.2, -0.15) is 0 Å². The molecule has 0 saturated carbocycles. The highest BCUT2D eigenvalue weighted by atomic mass is 16.6. The molecule has 202 valence electrons. The van der Waals surface area contributed by atoms with Crippen LogP contribution in [-0.2, 0) is 27.5 Å². The second-order valence-corrected chi connectivity index (χ2v) is 8.52. The van der Waals surface area contributed by atoms with Crippen LogP contribution >= 0.6 is 0 Å². The lowest BCUT2D eigenvalue weighted by Gasteiger charge is -2.22. The Balaban J connectivity index is 1.73. The number of benzene rings is 2. The van der Waals surface area contributed by atoms with E-state index in [1.54, 1.807) is 4.90 Å². The summed E-state index contributed by atoms with van der Waals surface area (Å²) in [5, 5.41) is 14.9. The second-order valence-electron chi connectivity index (χ2n) is 8.52. The van der Waals surface area contributed by atoms with Crippen LogP contribution in [0.5, 0.6) is 0 Å². The first kappa shape index (κ1) is 29.6. The van der Waals surface area contributed by atoms with Gasteiger partial charge in [0, 0.05) is 32.7 Å². The maximum absolute atomic E-state index is 12.7. The van der Waals surface area contributed by atoms with Crippen molar-refractivity contribution in [1.29, 1.82) is 0 Å². The number of carbonyl (C=O) groups excluding carboxylic acids is 3. The molecule has 0 spiro atoms. The minimum Gasteiger partial charge on any atom is -0.445 e. The molecule has 2 aromatic carbocycles. The summed E-state index contributed by atoms with van der Waals surface area (Å²) in [5.74, 6) is -0.262. The molecule has 0 aliphatic rings. The van der Waals surface area contributed by atoms with Gasteiger partial charge in [0.25, 0.3) is 0 Å². The van der Waals surface area contributed by atoms with Crippen LogP contribution < -0.4 is 16.4 Å². The number of rotatable bonds is 16. The molecule has 0 radical (unpaired) electrons. The first-order chi connectivity index (χ1) is 18.0. The lowest BCUT2D eigenvalue weighted by atomic mass is 10.2. The fourth-order valence-electron chi connectivity index (χ4n) is 3.36. The molecule has 3 amide bonds. The lowest BCUT2D eigenvalue weighted by Crippen LogP contribution is -2.36. The van der Waals surface area contributed by atoms with Crippen molar-refractivity contribution in [2.45, 2.75) is 45.0 Å². The third kappa shape index (κ3) is 13.3. The number of nitrogens with one attached hydrogen (secondary N) is 2. The Hall–Kier alpha value is -3.63. The van der Waals surface area contributed by atoms with Crippen molar-refractivity contribution >= 4 is 18.1 Å². The Bertz CT molecular complexity index is 929. The summed E-state index contributed by atoms with van der Waals surface area (Å²) in [4.78, 5) is 38.0. The fraction of sp³-hybridized carbons (Fsp3) is 0.444. The van der Waals surface area contributed by atoms with Gasteiger partial charge >= 0.3 is 12.2 Å². The Kier molecular flexibility index (Phi) is 14.2. The van der Waals surface area contributed by atoms with Gasteiger partial charge in [-0.05, 0) is 30.4 Å². The van der Waals surface area contributed by atoms with Crippen LogP contribution in [-0.4, -0.2) is 66.9 Å². The van der Waals surface area contributed by atoms with Crippen LogP contribution in [0.25, 0.3) is 0 Å². The summed E-state index contributed by atoms with van der Waals surface area (Å²) in [6, 6.07) is 18.8. The lowest BCUT2D eigenvalue weighted by molar-refractivity contribution is -0.122. The van der Waals surface area contributed by atoms with Crippen molar-refractivity contribution in [3.63, 3.8) is 0 Å². The summed E-state index contributed by atoms with van der Waals surface area (Å²) < 4.78 is 10.7. The van der Waals surface area contributed by atoms with Gasteiger partial charge in [-0.15, -0.1) is 0 Å². The Morgan fingerprint density at radius 1 is 0.811 bits per heavy atom. The van der Waals surface area contributed by atoms with Gasteiger partial charge in [0.2, 0.25) is 5.91 Å². The molecule has 1 unspecified atom stereocenters. The third-order valence-corrected chi connectivity index (χ3v) is 5.42. The Labute approximate surface area is 218 Å². The van der Waals surface area contributed by atoms with Crippen molar-refractivity contribution < 1.29 is 29.0 Å². The van der Waals surface area contributed by atoms with E-state index in [1.165, 1.54) is 0 Å². The maximum atomic E-state index is 12.7. The minimum atomic E-state index is -0.848. The first-order valence-electron chi connectivity index (χ1n) is 12.5. The largest absolute Gasteiger partial charge is 0.445 e. The van der Waals surface area contributed by atoms with Crippen molar-refractivity contribution in [2.24, 2.45) is 5.73 Å². The van der Waals surface area contributed by atoms with Crippen LogP contribution in [0.3, 0.4) is 0 Å². The van der Waals surface area contributed by atoms with Gasteiger partial charge < -0.3 is 35.8 Å². The van der Waals surface area contributed by atoms with Gasteiger partial charge in [-0.3, -0.25) is 4.79 Å². The van der Waals surface area contributed by atoms with Crippen molar-refractivity contribution in [2.75, 3.05) is 32.7 Å². The number of ether oxygens (including phenoxy) is 2. The van der Waals surface area contributed by atoms with E-state index in [4.69, 9.17) is 15.2 Å². The molecule has 0 fully saturated rings. The molecule has 0 aromatic heterocycles. The van der Waals surface area contributed by atoms with Crippen molar-refractivity contribution in [3.05, 3.63) is 71.8 Å². The average molecular weight is 515 g/mol. The van der Waals surface area contributed by atoms with Crippen molar-refractivity contribution in [1.82, 2.24) is 15.5 Å². The summed E-state index contributed by atoms with van der Waals surface area (Å²) in [6.07, 6.45) is -0.0182. The number of aliphatic hydroxyl groups is 1. The minimum absolute atomic E-state index is 0.0325. The molecular weight excluding hydrogens is 476 g/mol. The number of unbranched alkanes of at least 4 members (excludes halogenated alkanes) is 1. The molecule has 0 heterocycles. The number of hydrogen-bond acceptors (Lipinski definition) is 7. The van der Waals surface area contributed by atoms with E-state index in [2.05, 4.69) is 10.6 Å². The Morgan fingerprint density at radius 3 is 2.00 bits per heavy atom. The topological polar surface area (TPSA) is 143 Å². The maximum Gasteiger partial charge on any atom is 0.410 e. The van der Waals surface area contributed by atoms with Gasteiger partial charge in [0.1, 0.15) is 13.2 Å². The van der Waals surface area contributed by atoms with E-state index >= 15 is 0 Å². The predicted octanol–water partition coefficient (Wildman–Crippen LogP) is 2.55. The summed E-state index contributed by atoms with van der Waals surface area (Å²) in [5.41, 5.74) is 7.11. The number of nitrogens with zero attached hydrogens (tertiary/aromatic N) is 1. The van der Waals surface area contributed by atoms with E-state index in [0.29, 0.717) is 45.4 Å². The highest BCUT2D eigenvalue weighted by Gasteiger charge is 2.15. The predicted molar refractivity (Wildman–Crippen MR) is 139 cm³/mol. The highest BCUT2D eigenvalue weighted by Crippen LogP contribution is 2.06. The first-order valence-corrected chi connectivity index (χ1v) is 12.5. The molecule has 10 nitrogen and oxygen atoms in total. The van der Waals surface area contributed by atoms with Crippen LogP contribution in [0, 0.1) is 0 Å². The van der Waals surface area contributed by atoms with E-state index in [1.807, 2.05) is 60.7 Å². The number of carbonyl (C=O) groups is 3. The number of aliphatic hydroxyl groups excluding tert-OH is 1. The normalized spacial score (nSPS) is 11.3. The van der Waals surface area contributed by atoms with Gasteiger partial charge in [0.05, 0.1) is 12.5 Å². The molecule has 0 aliphatic carbocycles. The smallest absolute Gasteiger partial charge is 0.410 e. The van der Waals surface area contributed by atoms with Gasteiger partial charge in [0.15, 0.2) is 0 Å². The zero-order chi connectivity index (χ0) is 26.7. The standard InChI is InChI=1S/C27H38N4O6/c28-19-24(32)18-25(33)29-14-7-8-16-31(27(35)37-21-23-12-5-2-6-13-23)17-9-15-30-26(34)36-20-22-10-3-1-4-11-22/h1-6,10-13,24,32H,7-9,14-21,28H2,(H,29,33)(H,30,34). The molecular formula is C27H38N4O6. The van der Waals surface area contributed by atoms with Gasteiger partial charge in [-0.1, -0.05) is 60.7 Å². The van der Waals surface area contributed by atoms with Crippen LogP contribution in [0.4, 0.5) is 9.59 Å². The Morgan fingerprint density at radius 2 is 1.38 bits per heavy atom. The van der Waals surface area contributed by atoms with Crippen LogP contribution in [0.1, 0.15) is 36.8 Å². The highest BCUT2D eigenvalue weighted by molar-refractivity contribution is 5.76.